The summed E-state index contributed by atoms with van der Waals surface area (Å²) >= 11 is 0. The quantitative estimate of drug-likeness (QED) is 0.545. The summed E-state index contributed by atoms with van der Waals surface area (Å²) in [5.41, 5.74) is 6.77. The minimum atomic E-state index is 0.203. The van der Waals surface area contributed by atoms with Crippen LogP contribution in [0.25, 0.3) is 0 Å². The van der Waals surface area contributed by atoms with Crippen molar-refractivity contribution >= 4 is 0 Å². The molecule has 0 aromatic heterocycles. The SMILES string of the molecule is CCCCCCCC1(N)CCC(CCCC)CC1. The van der Waals surface area contributed by atoms with Gasteiger partial charge in [0.05, 0.1) is 0 Å². The molecule has 0 unspecified atom stereocenters. The van der Waals surface area contributed by atoms with Crippen molar-refractivity contribution in [3.63, 3.8) is 0 Å². The van der Waals surface area contributed by atoms with Gasteiger partial charge in [-0.1, -0.05) is 65.2 Å². The molecule has 0 amide bonds. The van der Waals surface area contributed by atoms with Crippen LogP contribution in [0.2, 0.25) is 0 Å². The molecule has 1 heteroatoms. The van der Waals surface area contributed by atoms with Crippen molar-refractivity contribution in [3.8, 4) is 0 Å². The van der Waals surface area contributed by atoms with E-state index in [2.05, 4.69) is 13.8 Å². The summed E-state index contributed by atoms with van der Waals surface area (Å²) in [4.78, 5) is 0. The fraction of sp³-hybridized carbons (Fsp3) is 1.00. The van der Waals surface area contributed by atoms with E-state index in [1.807, 2.05) is 0 Å². The Labute approximate surface area is 115 Å². The maximum Gasteiger partial charge on any atom is 0.0154 e. The highest BCUT2D eigenvalue weighted by molar-refractivity contribution is 4.89. The molecule has 2 N–H and O–H groups in total. The highest BCUT2D eigenvalue weighted by Crippen LogP contribution is 2.36. The summed E-state index contributed by atoms with van der Waals surface area (Å²) in [6.45, 7) is 4.58. The van der Waals surface area contributed by atoms with Crippen LogP contribution in [0, 0.1) is 5.92 Å². The first-order chi connectivity index (χ1) is 8.70. The van der Waals surface area contributed by atoms with Gasteiger partial charge in [0.1, 0.15) is 0 Å². The van der Waals surface area contributed by atoms with Crippen LogP contribution < -0.4 is 5.73 Å². The van der Waals surface area contributed by atoms with Crippen molar-refractivity contribution in [3.05, 3.63) is 0 Å². The smallest absolute Gasteiger partial charge is 0.0154 e. The van der Waals surface area contributed by atoms with Crippen molar-refractivity contribution in [1.82, 2.24) is 0 Å². The molecule has 18 heavy (non-hydrogen) atoms. The molecule has 0 heterocycles. The predicted octanol–water partition coefficient (Wildman–Crippen LogP) is 5.42. The Morgan fingerprint density at radius 3 is 2.11 bits per heavy atom. The molecule has 1 saturated carbocycles. The van der Waals surface area contributed by atoms with Crippen LogP contribution in [0.1, 0.15) is 97.3 Å². The highest BCUT2D eigenvalue weighted by atomic mass is 14.7. The largest absolute Gasteiger partial charge is 0.325 e. The average molecular weight is 253 g/mol. The Morgan fingerprint density at radius 2 is 1.50 bits per heavy atom. The molecule has 0 atom stereocenters. The van der Waals surface area contributed by atoms with Crippen LogP contribution in [-0.2, 0) is 0 Å². The minimum absolute atomic E-state index is 0.203. The van der Waals surface area contributed by atoms with Crippen LogP contribution >= 0.6 is 0 Å². The summed E-state index contributed by atoms with van der Waals surface area (Å²) in [6.07, 6.45) is 17.7. The Kier molecular flexibility index (Phi) is 7.97. The summed E-state index contributed by atoms with van der Waals surface area (Å²) in [5.74, 6) is 0.988. The second-order valence-corrected chi connectivity index (χ2v) is 6.61. The third kappa shape index (κ3) is 6.22. The number of rotatable bonds is 9. The minimum Gasteiger partial charge on any atom is -0.325 e. The normalized spacial score (nSPS) is 28.5. The lowest BCUT2D eigenvalue weighted by Crippen LogP contribution is -2.43. The van der Waals surface area contributed by atoms with Gasteiger partial charge in [-0.25, -0.2) is 0 Å². The van der Waals surface area contributed by atoms with E-state index in [0.717, 1.165) is 5.92 Å². The van der Waals surface area contributed by atoms with Gasteiger partial charge >= 0.3 is 0 Å². The standard InChI is InChI=1S/C17H35N/c1-3-5-7-8-9-13-17(18)14-11-16(12-15-17)10-6-4-2/h16H,3-15,18H2,1-2H3. The van der Waals surface area contributed by atoms with Crippen molar-refractivity contribution < 1.29 is 0 Å². The highest BCUT2D eigenvalue weighted by Gasteiger charge is 2.30. The van der Waals surface area contributed by atoms with E-state index in [9.17, 15) is 0 Å². The molecule has 1 aliphatic carbocycles. The third-order valence-corrected chi connectivity index (χ3v) is 4.85. The van der Waals surface area contributed by atoms with Crippen molar-refractivity contribution in [1.29, 1.82) is 0 Å². The van der Waals surface area contributed by atoms with E-state index in [-0.39, 0.29) is 5.54 Å². The lowest BCUT2D eigenvalue weighted by Gasteiger charge is -2.37. The zero-order valence-corrected chi connectivity index (χ0v) is 12.8. The van der Waals surface area contributed by atoms with Crippen LogP contribution in [0.15, 0.2) is 0 Å². The van der Waals surface area contributed by atoms with Gasteiger partial charge in [0.2, 0.25) is 0 Å². The summed E-state index contributed by atoms with van der Waals surface area (Å²) in [6, 6.07) is 0. The lowest BCUT2D eigenvalue weighted by molar-refractivity contribution is 0.207. The molecule has 0 radical (unpaired) electrons. The molecular formula is C17H35N. The van der Waals surface area contributed by atoms with Gasteiger partial charge < -0.3 is 5.73 Å². The molecule has 0 spiro atoms. The second kappa shape index (κ2) is 8.96. The maximum absolute atomic E-state index is 6.56. The Hall–Kier alpha value is -0.0400. The van der Waals surface area contributed by atoms with Gasteiger partial charge in [-0.3, -0.25) is 0 Å². The van der Waals surface area contributed by atoms with E-state index in [4.69, 9.17) is 5.73 Å². The van der Waals surface area contributed by atoms with E-state index < -0.39 is 0 Å². The third-order valence-electron chi connectivity index (χ3n) is 4.85. The number of unbranched alkanes of at least 4 members (excludes halogenated alkanes) is 5. The van der Waals surface area contributed by atoms with E-state index >= 15 is 0 Å². The zero-order chi connectivity index (χ0) is 13.3. The van der Waals surface area contributed by atoms with Gasteiger partial charge in [-0.15, -0.1) is 0 Å². The molecule has 1 nitrogen and oxygen atoms in total. The number of nitrogens with two attached hydrogens (primary N) is 1. The molecule has 0 aromatic rings. The lowest BCUT2D eigenvalue weighted by atomic mass is 9.73. The second-order valence-electron chi connectivity index (χ2n) is 6.61. The topological polar surface area (TPSA) is 26.0 Å². The van der Waals surface area contributed by atoms with E-state index in [1.165, 1.54) is 83.5 Å². The summed E-state index contributed by atoms with van der Waals surface area (Å²) < 4.78 is 0. The summed E-state index contributed by atoms with van der Waals surface area (Å²) in [7, 11) is 0. The fourth-order valence-electron chi connectivity index (χ4n) is 3.36. The van der Waals surface area contributed by atoms with Gasteiger partial charge in [0.15, 0.2) is 0 Å². The molecule has 0 aromatic carbocycles. The Morgan fingerprint density at radius 1 is 0.889 bits per heavy atom. The maximum atomic E-state index is 6.56. The molecule has 0 bridgehead atoms. The molecule has 1 aliphatic rings. The van der Waals surface area contributed by atoms with Crippen LogP contribution in [0.3, 0.4) is 0 Å². The first kappa shape index (κ1) is 16.0. The first-order valence-corrected chi connectivity index (χ1v) is 8.49. The Bertz CT molecular complexity index is 186. The van der Waals surface area contributed by atoms with Crippen molar-refractivity contribution in [2.75, 3.05) is 0 Å². The van der Waals surface area contributed by atoms with Gasteiger partial charge in [-0.2, -0.15) is 0 Å². The first-order valence-electron chi connectivity index (χ1n) is 8.49. The van der Waals surface area contributed by atoms with Crippen LogP contribution in [0.4, 0.5) is 0 Å². The van der Waals surface area contributed by atoms with Crippen LogP contribution in [-0.4, -0.2) is 5.54 Å². The van der Waals surface area contributed by atoms with Crippen LogP contribution in [0.5, 0.6) is 0 Å². The number of hydrogen-bond acceptors (Lipinski definition) is 1. The van der Waals surface area contributed by atoms with Gasteiger partial charge in [-0.05, 0) is 38.0 Å². The Balaban J connectivity index is 2.10. The molecule has 0 saturated heterocycles. The summed E-state index contributed by atoms with van der Waals surface area (Å²) in [5, 5.41) is 0. The van der Waals surface area contributed by atoms with Crippen molar-refractivity contribution in [2.24, 2.45) is 11.7 Å². The van der Waals surface area contributed by atoms with Crippen molar-refractivity contribution in [2.45, 2.75) is 103 Å². The molecular weight excluding hydrogens is 218 g/mol. The molecule has 1 fully saturated rings. The fourth-order valence-corrected chi connectivity index (χ4v) is 3.36. The van der Waals surface area contributed by atoms with E-state index in [1.54, 1.807) is 0 Å². The monoisotopic (exact) mass is 253 g/mol. The van der Waals surface area contributed by atoms with Gasteiger partial charge in [0.25, 0.3) is 0 Å². The zero-order valence-electron chi connectivity index (χ0n) is 12.8. The van der Waals surface area contributed by atoms with Gasteiger partial charge in [0, 0.05) is 5.54 Å². The van der Waals surface area contributed by atoms with E-state index in [0.29, 0.717) is 0 Å². The average Bonchev–Trinajstić information content (AvgIpc) is 2.38. The predicted molar refractivity (Wildman–Crippen MR) is 81.8 cm³/mol. The number of hydrogen-bond donors (Lipinski definition) is 1. The molecule has 1 rings (SSSR count). The molecule has 0 aliphatic heterocycles. The molecule has 108 valence electrons.